The van der Waals surface area contributed by atoms with Gasteiger partial charge < -0.3 is 11.5 Å². The first-order chi connectivity index (χ1) is 8.64. The Morgan fingerprint density at radius 1 is 1.39 bits per heavy atom. The fourth-order valence-electron chi connectivity index (χ4n) is 1.66. The smallest absolute Gasteiger partial charge is 0.334 e. The highest BCUT2D eigenvalue weighted by Gasteiger charge is 2.49. The first-order valence-corrected chi connectivity index (χ1v) is 5.82. The number of rotatable bonds is 1. The number of carbonyl (C=O) groups excluding carboxylic acids is 1. The maximum absolute atomic E-state index is 11.7. The van der Waals surface area contributed by atoms with Crippen molar-refractivity contribution >= 4 is 45.0 Å². The molecule has 1 radical (unpaired) electrons. The molecule has 0 aliphatic carbocycles. The molecule has 1 atom stereocenters. The molecule has 7 nitrogen and oxygen atoms in total. The number of aliphatic imine (C=N–C) groups is 1. The van der Waals surface area contributed by atoms with Gasteiger partial charge in [-0.25, -0.2) is 4.79 Å². The van der Waals surface area contributed by atoms with E-state index in [4.69, 9.17) is 11.5 Å². The van der Waals surface area contributed by atoms with Gasteiger partial charge in [-0.15, -0.1) is 4.99 Å². The van der Waals surface area contributed by atoms with E-state index in [9.17, 15) is 4.79 Å². The fraction of sp³-hybridized carbons (Fsp3) is 0. The summed E-state index contributed by atoms with van der Waals surface area (Å²) in [5, 5.41) is 4.20. The molecule has 8 heteroatoms. The van der Waals surface area contributed by atoms with Crippen LogP contribution in [0.15, 0.2) is 34.4 Å². The quantitative estimate of drug-likeness (QED) is 0.741. The second kappa shape index (κ2) is 3.59. The summed E-state index contributed by atoms with van der Waals surface area (Å²) in [6.45, 7) is 0. The van der Waals surface area contributed by atoms with Crippen molar-refractivity contribution < 1.29 is 4.79 Å². The van der Waals surface area contributed by atoms with Gasteiger partial charge in [0.2, 0.25) is 0 Å². The summed E-state index contributed by atoms with van der Waals surface area (Å²) < 4.78 is 0.181. The second-order valence-electron chi connectivity index (χ2n) is 3.61. The average Bonchev–Trinajstić information content (AvgIpc) is 2.92. The van der Waals surface area contributed by atoms with Crippen molar-refractivity contribution in [3.8, 4) is 0 Å². The number of nitrogens with zero attached hydrogens (tertiary/aromatic N) is 4. The van der Waals surface area contributed by atoms with Crippen LogP contribution >= 0.6 is 11.3 Å². The molecule has 18 heavy (non-hydrogen) atoms. The Labute approximate surface area is 106 Å². The van der Waals surface area contributed by atoms with E-state index in [2.05, 4.69) is 21.4 Å². The van der Waals surface area contributed by atoms with Gasteiger partial charge in [0, 0.05) is 4.59 Å². The van der Waals surface area contributed by atoms with Crippen LogP contribution in [0.5, 0.6) is 0 Å². The molecule has 1 aromatic carbocycles. The topological polar surface area (TPSA) is 107 Å². The maximum Gasteiger partial charge on any atom is 0.455 e. The molecule has 89 valence electrons. The van der Waals surface area contributed by atoms with Crippen LogP contribution in [0, 0.1) is 0 Å². The molecule has 1 aliphatic rings. The van der Waals surface area contributed by atoms with E-state index in [0.29, 0.717) is 5.13 Å². The molecule has 1 unspecified atom stereocenters. The van der Waals surface area contributed by atoms with Gasteiger partial charge in [0.15, 0.2) is 0 Å². The Kier molecular flexibility index (Phi) is 2.15. The van der Waals surface area contributed by atoms with Crippen molar-refractivity contribution in [1.29, 1.82) is 0 Å². The lowest BCUT2D eigenvalue weighted by atomic mass is 10.3. The highest BCUT2D eigenvalue weighted by Crippen LogP contribution is 2.34. The minimum atomic E-state index is -0.764. The molecule has 0 saturated heterocycles. The van der Waals surface area contributed by atoms with Crippen molar-refractivity contribution in [2.75, 3.05) is 0 Å². The average molecular weight is 260 g/mol. The Morgan fingerprint density at radius 2 is 2.17 bits per heavy atom. The van der Waals surface area contributed by atoms with Crippen molar-refractivity contribution in [2.45, 2.75) is 0 Å². The summed E-state index contributed by atoms with van der Waals surface area (Å²) in [4.78, 5) is 19.7. The van der Waals surface area contributed by atoms with Crippen LogP contribution in [0.2, 0.25) is 0 Å². The maximum atomic E-state index is 11.7. The van der Waals surface area contributed by atoms with E-state index < -0.39 is 10.6 Å². The van der Waals surface area contributed by atoms with E-state index in [1.54, 1.807) is 0 Å². The molecule has 1 aliphatic heterocycles. The minimum Gasteiger partial charge on any atom is -0.334 e. The van der Waals surface area contributed by atoms with Crippen LogP contribution in [-0.4, -0.2) is 23.3 Å². The number of hydrogen-bond acceptors (Lipinski definition) is 6. The number of hydrogen-bond donors (Lipinski definition) is 2. The lowest BCUT2D eigenvalue weighted by Gasteiger charge is -2.17. The Bertz CT molecular complexity index is 672. The van der Waals surface area contributed by atoms with Crippen molar-refractivity contribution in [2.24, 2.45) is 21.6 Å². The summed E-state index contributed by atoms with van der Waals surface area (Å²) in [5.41, 5.74) is 11.8. The molecule has 2 heterocycles. The summed E-state index contributed by atoms with van der Waals surface area (Å²) in [5.74, 6) is -0.0541. The highest BCUT2D eigenvalue weighted by molar-refractivity contribution is 7.22. The summed E-state index contributed by atoms with van der Waals surface area (Å²) >= 11 is 1.29. The van der Waals surface area contributed by atoms with Crippen LogP contribution in [-0.2, 0) is 0 Å². The van der Waals surface area contributed by atoms with E-state index >= 15 is 0 Å². The zero-order valence-electron chi connectivity index (χ0n) is 9.07. The predicted octanol–water partition coefficient (Wildman–Crippen LogP) is 0.831. The number of primary amides is 1. The minimum absolute atomic E-state index is 0.0541. The zero-order valence-corrected chi connectivity index (χ0v) is 9.89. The number of urea groups is 1. The third-order valence-electron chi connectivity index (χ3n) is 2.57. The standard InChI is InChI=1S/C10H7N6OS/c11-8-13-5-14-16(8,9(12)17)10-15-6-3-1-2-4-7(6)18-10/h1-4H,(H3-,11,12,13,14,17)/p+1. The van der Waals surface area contributed by atoms with Crippen LogP contribution in [0.4, 0.5) is 9.93 Å². The van der Waals surface area contributed by atoms with Gasteiger partial charge in [-0.2, -0.15) is 4.98 Å². The van der Waals surface area contributed by atoms with E-state index in [1.165, 1.54) is 11.3 Å². The third-order valence-corrected chi connectivity index (χ3v) is 3.67. The molecule has 3 rings (SSSR count). The molecular weight excluding hydrogens is 252 g/mol. The predicted molar refractivity (Wildman–Crippen MR) is 70.1 cm³/mol. The molecule has 1 aromatic heterocycles. The number of thiazole rings is 1. The third kappa shape index (κ3) is 1.27. The highest BCUT2D eigenvalue weighted by atomic mass is 32.1. The van der Waals surface area contributed by atoms with Gasteiger partial charge in [0.1, 0.15) is 0 Å². The van der Waals surface area contributed by atoms with E-state index in [0.717, 1.165) is 10.2 Å². The van der Waals surface area contributed by atoms with E-state index in [-0.39, 0.29) is 5.96 Å². The van der Waals surface area contributed by atoms with Crippen molar-refractivity contribution in [3.05, 3.63) is 24.3 Å². The number of amides is 2. The van der Waals surface area contributed by atoms with Crippen LogP contribution in [0.3, 0.4) is 0 Å². The second-order valence-corrected chi connectivity index (χ2v) is 4.62. The van der Waals surface area contributed by atoms with Gasteiger partial charge in [-0.1, -0.05) is 23.5 Å². The molecule has 0 fully saturated rings. The number of fused-ring (bicyclic) bond motifs is 1. The van der Waals surface area contributed by atoms with Gasteiger partial charge in [0.25, 0.3) is 6.34 Å². The van der Waals surface area contributed by atoms with Gasteiger partial charge >= 0.3 is 17.1 Å². The number of carbonyl (C=O) groups is 1. The first kappa shape index (κ1) is 10.8. The largest absolute Gasteiger partial charge is 0.455 e. The normalized spacial score (nSPS) is 22.3. The van der Waals surface area contributed by atoms with Gasteiger partial charge in [-0.05, 0) is 17.2 Å². The van der Waals surface area contributed by atoms with Gasteiger partial charge in [-0.3, -0.25) is 0 Å². The number of para-hydroxylation sites is 1. The Morgan fingerprint density at radius 3 is 2.78 bits per heavy atom. The van der Waals surface area contributed by atoms with E-state index in [1.807, 2.05) is 24.3 Å². The van der Waals surface area contributed by atoms with Crippen molar-refractivity contribution in [3.63, 3.8) is 0 Å². The number of nitrogens with two attached hydrogens (primary N) is 2. The summed E-state index contributed by atoms with van der Waals surface area (Å²) in [6, 6.07) is 6.71. The van der Waals surface area contributed by atoms with Crippen LogP contribution < -0.4 is 16.1 Å². The molecule has 2 aromatic rings. The number of quaternary nitrogens is 1. The number of guanidine groups is 1. The molecule has 2 amide bonds. The molecule has 0 spiro atoms. The molecule has 4 N–H and O–H groups in total. The molecule has 0 saturated carbocycles. The summed E-state index contributed by atoms with van der Waals surface area (Å²) in [6.07, 6.45) is 2.31. The molecular formula is C10H8N6OS+. The molecule has 0 bridgehead atoms. The Hall–Kier alpha value is -2.32. The monoisotopic (exact) mass is 260 g/mol. The lowest BCUT2D eigenvalue weighted by molar-refractivity contribution is 0.231. The summed E-state index contributed by atoms with van der Waals surface area (Å²) in [7, 11) is 0. The Balaban J connectivity index is 2.26. The fourth-order valence-corrected chi connectivity index (χ4v) is 2.72. The van der Waals surface area contributed by atoms with Crippen LogP contribution in [0.1, 0.15) is 0 Å². The first-order valence-electron chi connectivity index (χ1n) is 5.01. The van der Waals surface area contributed by atoms with Gasteiger partial charge in [0.05, 0.1) is 10.2 Å². The SMILES string of the molecule is NC(=O)[N+]1(c2nc3ccccc3s2)N=[C]N=C1N. The zero-order chi connectivity index (χ0) is 12.8. The number of benzene rings is 1. The lowest BCUT2D eigenvalue weighted by Crippen LogP contribution is -2.58. The number of aromatic nitrogens is 1. The van der Waals surface area contributed by atoms with Crippen LogP contribution in [0.25, 0.3) is 10.2 Å². The van der Waals surface area contributed by atoms with Crippen molar-refractivity contribution in [1.82, 2.24) is 9.58 Å².